The van der Waals surface area contributed by atoms with Crippen LogP contribution < -0.4 is 20.7 Å². The Bertz CT molecular complexity index is 1500. The van der Waals surface area contributed by atoms with Crippen molar-refractivity contribution < 1.29 is 28.8 Å². The number of hydrogen-bond acceptors (Lipinski definition) is 8. The molecule has 212 valence electrons. The van der Waals surface area contributed by atoms with Gasteiger partial charge in [-0.25, -0.2) is 9.36 Å². The molecule has 0 radical (unpaired) electrons. The second-order valence-corrected chi connectivity index (χ2v) is 9.44. The number of rotatable bonds is 10. The van der Waals surface area contributed by atoms with Crippen molar-refractivity contribution >= 4 is 0 Å². The highest BCUT2D eigenvalue weighted by molar-refractivity contribution is 5.49. The molecule has 0 saturated carbocycles. The summed E-state index contributed by atoms with van der Waals surface area (Å²) in [5.41, 5.74) is -0.168. The number of H-pyrrole nitrogens is 1. The molecule has 0 spiro atoms. The molecule has 1 saturated heterocycles. The van der Waals surface area contributed by atoms with Gasteiger partial charge in [-0.2, -0.15) is 0 Å². The molecule has 0 aliphatic carbocycles. The van der Waals surface area contributed by atoms with Crippen molar-refractivity contribution in [3.63, 3.8) is 0 Å². The maximum Gasteiger partial charge on any atom is 0.338 e. The van der Waals surface area contributed by atoms with Crippen LogP contribution in [0, 0.1) is 12.3 Å². The van der Waals surface area contributed by atoms with Gasteiger partial charge in [0.05, 0.1) is 20.8 Å². The van der Waals surface area contributed by atoms with Crippen LogP contribution in [0.2, 0.25) is 0 Å². The number of aliphatic hydroxyl groups is 1. The largest absolute Gasteiger partial charge is 0.497 e. The van der Waals surface area contributed by atoms with Gasteiger partial charge in [0, 0.05) is 19.4 Å². The molecular formula is C31H30N2O8. The maximum absolute atomic E-state index is 12.5. The fraction of sp³-hybridized carbons (Fsp3) is 0.290. The highest BCUT2D eigenvalue weighted by Gasteiger charge is 2.48. The molecule has 10 heteroatoms. The Kier molecular flexibility index (Phi) is 8.23. The van der Waals surface area contributed by atoms with Gasteiger partial charge in [0.2, 0.25) is 0 Å². The molecule has 0 bridgehead atoms. The van der Waals surface area contributed by atoms with E-state index in [0.29, 0.717) is 11.5 Å². The van der Waals surface area contributed by atoms with E-state index in [1.165, 1.54) is 7.11 Å². The minimum Gasteiger partial charge on any atom is -0.497 e. The van der Waals surface area contributed by atoms with Gasteiger partial charge in [0.1, 0.15) is 35.4 Å². The van der Waals surface area contributed by atoms with E-state index in [1.54, 1.807) is 14.2 Å². The molecule has 2 heterocycles. The highest BCUT2D eigenvalue weighted by atomic mass is 16.6. The van der Waals surface area contributed by atoms with Crippen molar-refractivity contribution in [2.24, 2.45) is 0 Å². The fourth-order valence-corrected chi connectivity index (χ4v) is 5.13. The minimum absolute atomic E-state index is 0.0910. The monoisotopic (exact) mass is 558 g/mol. The van der Waals surface area contributed by atoms with Crippen molar-refractivity contribution in [1.82, 2.24) is 9.55 Å². The average Bonchev–Trinajstić information content (AvgIpc) is 3.33. The molecule has 5 rings (SSSR count). The Hall–Kier alpha value is -4.40. The molecule has 1 fully saturated rings. The number of aromatic nitrogens is 2. The summed E-state index contributed by atoms with van der Waals surface area (Å²) in [6.07, 6.45) is -1.61. The first-order valence-electron chi connectivity index (χ1n) is 12.9. The molecule has 1 aliphatic rings. The van der Waals surface area contributed by atoms with Gasteiger partial charge in [0.25, 0.3) is 0 Å². The van der Waals surface area contributed by atoms with Crippen LogP contribution in [0.15, 0.2) is 88.5 Å². The van der Waals surface area contributed by atoms with Crippen LogP contribution in [0.1, 0.15) is 22.9 Å². The highest BCUT2D eigenvalue weighted by Crippen LogP contribution is 2.42. The third-order valence-electron chi connectivity index (χ3n) is 7.21. The van der Waals surface area contributed by atoms with Crippen molar-refractivity contribution in [3.05, 3.63) is 129 Å². The van der Waals surface area contributed by atoms with E-state index in [9.17, 15) is 14.7 Å². The third-order valence-corrected chi connectivity index (χ3v) is 7.21. The number of methoxy groups -OCH3 is 3. The van der Waals surface area contributed by atoms with E-state index in [-0.39, 0.29) is 6.61 Å². The maximum atomic E-state index is 12.5. The lowest BCUT2D eigenvalue weighted by atomic mass is 9.80. The first-order chi connectivity index (χ1) is 19.9. The van der Waals surface area contributed by atoms with E-state index < -0.39 is 41.4 Å². The second-order valence-electron chi connectivity index (χ2n) is 9.44. The van der Waals surface area contributed by atoms with Gasteiger partial charge >= 0.3 is 11.2 Å². The van der Waals surface area contributed by atoms with Gasteiger partial charge in [-0.15, -0.1) is 0 Å². The lowest BCUT2D eigenvalue weighted by Gasteiger charge is -2.37. The quantitative estimate of drug-likeness (QED) is 0.285. The summed E-state index contributed by atoms with van der Waals surface area (Å²) in [5.74, 6) is 1.37. The molecule has 1 aliphatic heterocycles. The van der Waals surface area contributed by atoms with Crippen LogP contribution in [0.4, 0.5) is 0 Å². The molecule has 4 aromatic rings. The van der Waals surface area contributed by atoms with Crippen LogP contribution in [0.25, 0.3) is 0 Å². The van der Waals surface area contributed by atoms with Gasteiger partial charge < -0.3 is 28.8 Å². The summed E-state index contributed by atoms with van der Waals surface area (Å²) in [6, 6.07) is 27.1. The van der Waals surface area contributed by atoms with Gasteiger partial charge in [-0.3, -0.25) is 9.78 Å². The average molecular weight is 559 g/mol. The number of benzene rings is 3. The molecule has 3 aromatic carbocycles. The topological polar surface area (TPSA) is 121 Å². The third kappa shape index (κ3) is 5.36. The number of nitrogens with zero attached hydrogens (tertiary/aromatic N) is 1. The predicted octanol–water partition coefficient (Wildman–Crippen LogP) is 2.44. The summed E-state index contributed by atoms with van der Waals surface area (Å²) in [6.45, 7) is -0.0910. The fourth-order valence-electron chi connectivity index (χ4n) is 5.13. The van der Waals surface area contributed by atoms with Crippen LogP contribution in [-0.4, -0.2) is 60.9 Å². The standard InChI is InChI=1S/C31H30N2O8/c1-37-23-13-9-21(10-14-23)31(20-7-5-4-6-8-20,22-11-15-24(38-2)16-12-22)40-19-25-27(35)28(39-3)29(41-25)33-18-17-26(34)32-30(33)36/h4-16,25,27-29,35H,19H2,1-3H3,(H,32,34,36). The van der Waals surface area contributed by atoms with Gasteiger partial charge in [-0.05, 0) is 41.0 Å². The molecule has 10 nitrogen and oxygen atoms in total. The molecule has 2 N–H and O–H groups in total. The zero-order valence-electron chi connectivity index (χ0n) is 22.8. The Labute approximate surface area is 236 Å². The van der Waals surface area contributed by atoms with E-state index in [4.69, 9.17) is 23.7 Å². The molecular weight excluding hydrogens is 528 g/mol. The first kappa shape index (κ1) is 28.1. The van der Waals surface area contributed by atoms with Crippen LogP contribution >= 0.6 is 0 Å². The van der Waals surface area contributed by atoms with Crippen LogP contribution in [0.3, 0.4) is 0 Å². The summed E-state index contributed by atoms with van der Waals surface area (Å²) < 4.78 is 30.2. The lowest BCUT2D eigenvalue weighted by molar-refractivity contribution is -0.0967. The number of aliphatic hydroxyl groups excluding tert-OH is 1. The molecule has 4 atom stereocenters. The van der Waals surface area contributed by atoms with Crippen molar-refractivity contribution in [1.29, 1.82) is 0 Å². The SMILES string of the molecule is COc1ccc(C(OCC2OC(n3c#cc(=O)[nH]c3=O)C(OC)C2O)(c2ccccc2)c2ccc(OC)cc2)cc1. The Morgan fingerprint density at radius 2 is 1.44 bits per heavy atom. The normalized spacial score (nSPS) is 20.4. The minimum atomic E-state index is -1.17. The van der Waals surface area contributed by atoms with E-state index in [0.717, 1.165) is 21.3 Å². The number of nitrogens with one attached hydrogen (secondary N) is 1. The number of hydrogen-bond donors (Lipinski definition) is 2. The van der Waals surface area contributed by atoms with E-state index >= 15 is 0 Å². The van der Waals surface area contributed by atoms with Crippen molar-refractivity contribution in [3.8, 4) is 11.5 Å². The summed E-state index contributed by atoms with van der Waals surface area (Å²) in [7, 11) is 4.60. The Balaban J connectivity index is 1.57. The first-order valence-corrected chi connectivity index (χ1v) is 12.9. The molecule has 1 aromatic heterocycles. The van der Waals surface area contributed by atoms with Crippen molar-refractivity contribution in [2.75, 3.05) is 27.9 Å². The summed E-state index contributed by atoms with van der Waals surface area (Å²) >= 11 is 0. The zero-order valence-corrected chi connectivity index (χ0v) is 22.8. The summed E-state index contributed by atoms with van der Waals surface area (Å²) in [4.78, 5) is 26.1. The zero-order chi connectivity index (χ0) is 29.0. The number of aromatic amines is 1. The number of ether oxygens (including phenoxy) is 5. The predicted molar refractivity (Wildman–Crippen MR) is 148 cm³/mol. The summed E-state index contributed by atoms with van der Waals surface area (Å²) in [5, 5.41) is 11.2. The second kappa shape index (κ2) is 12.0. The van der Waals surface area contributed by atoms with Crippen LogP contribution in [0.5, 0.6) is 11.5 Å². The van der Waals surface area contributed by atoms with E-state index in [2.05, 4.69) is 17.2 Å². The molecule has 0 amide bonds. The lowest BCUT2D eigenvalue weighted by Crippen LogP contribution is -2.40. The molecule has 41 heavy (non-hydrogen) atoms. The van der Waals surface area contributed by atoms with Crippen LogP contribution in [-0.2, 0) is 19.8 Å². The smallest absolute Gasteiger partial charge is 0.338 e. The van der Waals surface area contributed by atoms with Crippen molar-refractivity contribution in [2.45, 2.75) is 30.1 Å². The van der Waals surface area contributed by atoms with Gasteiger partial charge in [0.15, 0.2) is 6.23 Å². The van der Waals surface area contributed by atoms with E-state index in [1.807, 2.05) is 78.9 Å². The Morgan fingerprint density at radius 3 is 1.95 bits per heavy atom. The molecule has 4 unspecified atom stereocenters. The van der Waals surface area contributed by atoms with Gasteiger partial charge in [-0.1, -0.05) is 54.6 Å². The Morgan fingerprint density at radius 1 is 0.878 bits per heavy atom.